The van der Waals surface area contributed by atoms with Crippen LogP contribution in [0.15, 0.2) is 36.0 Å². The van der Waals surface area contributed by atoms with Crippen LogP contribution in [0.2, 0.25) is 0 Å². The molecule has 2 N–H and O–H groups in total. The lowest BCUT2D eigenvalue weighted by Crippen LogP contribution is -2.23. The van der Waals surface area contributed by atoms with Gasteiger partial charge in [-0.25, -0.2) is 9.59 Å². The van der Waals surface area contributed by atoms with E-state index in [9.17, 15) is 9.59 Å². The van der Waals surface area contributed by atoms with Crippen LogP contribution in [0.5, 0.6) is 0 Å². The van der Waals surface area contributed by atoms with E-state index in [-0.39, 0.29) is 18.8 Å². The number of benzene rings is 1. The number of carbonyl (C=O) groups is 2. The van der Waals surface area contributed by atoms with Crippen molar-refractivity contribution in [2.45, 2.75) is 20.8 Å². The lowest BCUT2D eigenvalue weighted by atomic mass is 10.2. The second-order valence-corrected chi connectivity index (χ2v) is 4.08. The van der Waals surface area contributed by atoms with Gasteiger partial charge in [-0.1, -0.05) is 18.2 Å². The summed E-state index contributed by atoms with van der Waals surface area (Å²) in [7, 11) is 0. The van der Waals surface area contributed by atoms with E-state index in [4.69, 9.17) is 9.47 Å². The predicted octanol–water partition coefficient (Wildman–Crippen LogP) is 1.92. The minimum Gasteiger partial charge on any atom is -0.462 e. The van der Waals surface area contributed by atoms with Gasteiger partial charge in [-0.05, 0) is 32.4 Å². The zero-order valence-corrected chi connectivity index (χ0v) is 12.4. The molecule has 0 saturated carbocycles. The summed E-state index contributed by atoms with van der Waals surface area (Å²) in [4.78, 5) is 23.4. The van der Waals surface area contributed by atoms with Crippen LogP contribution in [-0.4, -0.2) is 25.2 Å². The zero-order chi connectivity index (χ0) is 15.7. The highest BCUT2D eigenvalue weighted by atomic mass is 16.6. The number of hydrazine groups is 1. The van der Waals surface area contributed by atoms with Crippen molar-refractivity contribution in [1.29, 1.82) is 0 Å². The second-order valence-electron chi connectivity index (χ2n) is 4.08. The predicted molar refractivity (Wildman–Crippen MR) is 79.3 cm³/mol. The van der Waals surface area contributed by atoms with Crippen molar-refractivity contribution in [3.8, 4) is 0 Å². The van der Waals surface area contributed by atoms with Crippen molar-refractivity contribution >= 4 is 17.6 Å². The van der Waals surface area contributed by atoms with Gasteiger partial charge in [0.15, 0.2) is 5.57 Å². The summed E-state index contributed by atoms with van der Waals surface area (Å²) in [6, 6.07) is 7.59. The molecule has 0 aliphatic carbocycles. The average molecular weight is 292 g/mol. The van der Waals surface area contributed by atoms with Crippen LogP contribution in [0.1, 0.15) is 19.4 Å². The Balaban J connectivity index is 2.76. The van der Waals surface area contributed by atoms with Crippen LogP contribution in [0.3, 0.4) is 0 Å². The van der Waals surface area contributed by atoms with Crippen molar-refractivity contribution in [3.63, 3.8) is 0 Å². The maximum absolute atomic E-state index is 11.7. The molecule has 0 spiro atoms. The molecule has 1 rings (SSSR count). The van der Waals surface area contributed by atoms with Gasteiger partial charge in [-0.2, -0.15) is 0 Å². The number of aryl methyl sites for hydroxylation is 1. The minimum absolute atomic E-state index is 0.181. The Morgan fingerprint density at radius 2 is 1.67 bits per heavy atom. The number of carbonyl (C=O) groups excluding carboxylic acids is 2. The fraction of sp³-hybridized carbons (Fsp3) is 0.333. The van der Waals surface area contributed by atoms with Crippen LogP contribution in [-0.2, 0) is 19.1 Å². The molecule has 0 saturated heterocycles. The van der Waals surface area contributed by atoms with Crippen molar-refractivity contribution in [2.24, 2.45) is 0 Å². The van der Waals surface area contributed by atoms with Gasteiger partial charge in [0.2, 0.25) is 0 Å². The first-order valence-corrected chi connectivity index (χ1v) is 6.71. The number of ether oxygens (including phenoxy) is 2. The Morgan fingerprint density at radius 1 is 1.10 bits per heavy atom. The number of hydrogen-bond donors (Lipinski definition) is 2. The summed E-state index contributed by atoms with van der Waals surface area (Å²) < 4.78 is 9.64. The van der Waals surface area contributed by atoms with Crippen LogP contribution in [0.4, 0.5) is 5.69 Å². The molecule has 6 nitrogen and oxygen atoms in total. The molecule has 0 aliphatic rings. The molecule has 0 unspecified atom stereocenters. The Labute approximate surface area is 124 Å². The summed E-state index contributed by atoms with van der Waals surface area (Å²) in [5.41, 5.74) is 7.26. The normalized spacial score (nSPS) is 9.48. The molecule has 0 atom stereocenters. The molecular formula is C15H20N2O4. The molecule has 21 heavy (non-hydrogen) atoms. The fourth-order valence-corrected chi connectivity index (χ4v) is 1.52. The highest BCUT2D eigenvalue weighted by Gasteiger charge is 2.20. The molecule has 0 aromatic heterocycles. The van der Waals surface area contributed by atoms with Crippen molar-refractivity contribution in [1.82, 2.24) is 5.43 Å². The molecule has 1 aromatic rings. The molecule has 6 heteroatoms. The van der Waals surface area contributed by atoms with E-state index in [2.05, 4.69) is 10.9 Å². The average Bonchev–Trinajstić information content (AvgIpc) is 2.45. The summed E-state index contributed by atoms with van der Waals surface area (Å²) in [5.74, 6) is -1.45. The number of nitrogens with one attached hydrogen (secondary N) is 2. The molecule has 0 radical (unpaired) electrons. The summed E-state index contributed by atoms with van der Waals surface area (Å²) >= 11 is 0. The fourth-order valence-electron chi connectivity index (χ4n) is 1.52. The highest BCUT2D eigenvalue weighted by molar-refractivity contribution is 6.13. The Bertz CT molecular complexity index is 506. The van der Waals surface area contributed by atoms with Gasteiger partial charge in [0.25, 0.3) is 0 Å². The van der Waals surface area contributed by atoms with E-state index in [1.54, 1.807) is 13.8 Å². The molecule has 0 heterocycles. The smallest absolute Gasteiger partial charge is 0.347 e. The van der Waals surface area contributed by atoms with Crippen LogP contribution in [0, 0.1) is 6.92 Å². The third-order valence-corrected chi connectivity index (χ3v) is 2.56. The van der Waals surface area contributed by atoms with Crippen molar-refractivity contribution < 1.29 is 19.1 Å². The van der Waals surface area contributed by atoms with E-state index < -0.39 is 11.9 Å². The lowest BCUT2D eigenvalue weighted by Gasteiger charge is -2.10. The molecule has 114 valence electrons. The van der Waals surface area contributed by atoms with Crippen LogP contribution in [0.25, 0.3) is 0 Å². The third-order valence-electron chi connectivity index (χ3n) is 2.56. The summed E-state index contributed by atoms with van der Waals surface area (Å²) in [6.45, 7) is 5.63. The molecule has 0 aliphatic heterocycles. The SMILES string of the molecule is CCOC(=O)C(=CNNc1ccccc1C)C(=O)OCC. The first kappa shape index (κ1) is 16.6. The van der Waals surface area contributed by atoms with Gasteiger partial charge in [0.05, 0.1) is 18.9 Å². The van der Waals surface area contributed by atoms with E-state index >= 15 is 0 Å². The number of rotatable bonds is 7. The molecule has 0 fully saturated rings. The molecule has 0 amide bonds. The van der Waals surface area contributed by atoms with Gasteiger partial charge in [-0.3, -0.25) is 0 Å². The van der Waals surface area contributed by atoms with E-state index in [1.807, 2.05) is 31.2 Å². The van der Waals surface area contributed by atoms with Crippen LogP contribution < -0.4 is 10.9 Å². The molecular weight excluding hydrogens is 272 g/mol. The first-order chi connectivity index (χ1) is 10.1. The number of para-hydroxylation sites is 1. The topological polar surface area (TPSA) is 76.7 Å². The second kappa shape index (κ2) is 8.63. The molecule has 0 bridgehead atoms. The molecule has 1 aromatic carbocycles. The lowest BCUT2D eigenvalue weighted by molar-refractivity contribution is -0.146. The van der Waals surface area contributed by atoms with Crippen molar-refractivity contribution in [3.05, 3.63) is 41.6 Å². The van der Waals surface area contributed by atoms with Gasteiger partial charge >= 0.3 is 11.9 Å². The van der Waals surface area contributed by atoms with Crippen LogP contribution >= 0.6 is 0 Å². The number of anilines is 1. The summed E-state index contributed by atoms with van der Waals surface area (Å²) in [5, 5.41) is 0. The highest BCUT2D eigenvalue weighted by Crippen LogP contribution is 2.11. The van der Waals surface area contributed by atoms with Crippen molar-refractivity contribution in [2.75, 3.05) is 18.6 Å². The van der Waals surface area contributed by atoms with Gasteiger partial charge in [-0.15, -0.1) is 0 Å². The minimum atomic E-state index is -0.727. The van der Waals surface area contributed by atoms with Gasteiger partial charge in [0, 0.05) is 6.20 Å². The van der Waals surface area contributed by atoms with E-state index in [1.165, 1.54) is 6.20 Å². The van der Waals surface area contributed by atoms with Gasteiger partial charge < -0.3 is 20.3 Å². The number of hydrogen-bond acceptors (Lipinski definition) is 6. The number of esters is 2. The standard InChI is InChI=1S/C15H20N2O4/c1-4-20-14(18)12(15(19)21-5-2)10-16-17-13-9-7-6-8-11(13)3/h6-10,16-17H,4-5H2,1-3H3. The Morgan fingerprint density at radius 3 is 2.19 bits per heavy atom. The zero-order valence-electron chi connectivity index (χ0n) is 12.4. The Hall–Kier alpha value is -2.50. The maximum atomic E-state index is 11.7. The third kappa shape index (κ3) is 5.18. The van der Waals surface area contributed by atoms with E-state index in [0.717, 1.165) is 11.3 Å². The summed E-state index contributed by atoms with van der Waals surface area (Å²) in [6.07, 6.45) is 1.24. The maximum Gasteiger partial charge on any atom is 0.347 e. The Kier molecular flexibility index (Phi) is 6.80. The quantitative estimate of drug-likeness (QED) is 0.263. The largest absolute Gasteiger partial charge is 0.462 e. The first-order valence-electron chi connectivity index (χ1n) is 6.71. The van der Waals surface area contributed by atoms with Gasteiger partial charge in [0.1, 0.15) is 0 Å². The monoisotopic (exact) mass is 292 g/mol. The van der Waals surface area contributed by atoms with E-state index in [0.29, 0.717) is 0 Å².